The van der Waals surface area contributed by atoms with Gasteiger partial charge in [-0.3, -0.25) is 14.4 Å². The summed E-state index contributed by atoms with van der Waals surface area (Å²) in [7, 11) is 0. The first-order valence-corrected chi connectivity index (χ1v) is 33.1. The number of hydrogen-bond acceptors (Lipinski definition) is 6. The fourth-order valence-corrected chi connectivity index (χ4v) is 9.80. The van der Waals surface area contributed by atoms with Gasteiger partial charge in [0.25, 0.3) is 0 Å². The summed E-state index contributed by atoms with van der Waals surface area (Å²) in [6.07, 6.45) is 80.4. The minimum absolute atomic E-state index is 0.0718. The number of allylic oxidation sites excluding steroid dienone is 8. The largest absolute Gasteiger partial charge is 0.462 e. The topological polar surface area (TPSA) is 78.9 Å². The molecule has 0 aromatic heterocycles. The smallest absolute Gasteiger partial charge is 0.306 e. The van der Waals surface area contributed by atoms with Crippen LogP contribution in [0, 0.1) is 0 Å². The molecule has 0 bridgehead atoms. The van der Waals surface area contributed by atoms with Gasteiger partial charge in [0.1, 0.15) is 13.2 Å². The number of ether oxygens (including phenoxy) is 3. The van der Waals surface area contributed by atoms with Gasteiger partial charge < -0.3 is 14.2 Å². The van der Waals surface area contributed by atoms with Gasteiger partial charge in [0.05, 0.1) is 0 Å². The van der Waals surface area contributed by atoms with Crippen LogP contribution in [0.5, 0.6) is 0 Å². The first-order valence-electron chi connectivity index (χ1n) is 33.1. The van der Waals surface area contributed by atoms with Crippen LogP contribution in [0.3, 0.4) is 0 Å². The van der Waals surface area contributed by atoms with E-state index >= 15 is 0 Å². The van der Waals surface area contributed by atoms with Gasteiger partial charge in [0, 0.05) is 19.3 Å². The van der Waals surface area contributed by atoms with Gasteiger partial charge in [-0.15, -0.1) is 0 Å². The maximum atomic E-state index is 12.8. The van der Waals surface area contributed by atoms with Crippen LogP contribution in [-0.2, 0) is 28.6 Å². The molecule has 0 saturated carbocycles. The molecule has 0 aromatic rings. The molecule has 438 valence electrons. The van der Waals surface area contributed by atoms with E-state index in [9.17, 15) is 14.4 Å². The van der Waals surface area contributed by atoms with Crippen molar-refractivity contribution in [1.82, 2.24) is 0 Å². The first-order chi connectivity index (χ1) is 37.0. The molecule has 6 nitrogen and oxygen atoms in total. The summed E-state index contributed by atoms with van der Waals surface area (Å²) in [6, 6.07) is 0. The van der Waals surface area contributed by atoms with Crippen LogP contribution >= 0.6 is 0 Å². The number of unbranched alkanes of at least 4 members (excludes halogenated alkanes) is 42. The third-order valence-corrected chi connectivity index (χ3v) is 14.8. The zero-order valence-electron chi connectivity index (χ0n) is 50.3. The molecule has 0 amide bonds. The fraction of sp³-hybridized carbons (Fsp3) is 0.841. The van der Waals surface area contributed by atoms with Gasteiger partial charge >= 0.3 is 17.9 Å². The normalized spacial score (nSPS) is 12.3. The second-order valence-corrected chi connectivity index (χ2v) is 22.4. The standard InChI is InChI=1S/C69H126O6/c1-4-7-10-13-15-17-19-21-23-25-27-29-31-33-34-36-37-39-41-43-45-47-49-51-53-56-59-62-68(71)74-65-66(64-73-67(70)61-58-55-12-9-6-3)75-69(72)63-60-57-54-52-50-48-46-44-42-40-38-35-32-30-28-26-24-22-20-18-16-14-11-8-5-2/h20,22,25-28,32,35,66H,4-19,21,23-24,29-31,33-34,36-65H2,1-3H3/b22-20-,27-25-,28-26-,35-32-. The first kappa shape index (κ1) is 72.4. The Bertz CT molecular complexity index is 1300. The van der Waals surface area contributed by atoms with Gasteiger partial charge in [-0.1, -0.05) is 301 Å². The molecule has 0 heterocycles. The summed E-state index contributed by atoms with van der Waals surface area (Å²) >= 11 is 0. The van der Waals surface area contributed by atoms with E-state index in [1.807, 2.05) is 0 Å². The van der Waals surface area contributed by atoms with Gasteiger partial charge in [0.2, 0.25) is 0 Å². The molecular weight excluding hydrogens is 925 g/mol. The zero-order chi connectivity index (χ0) is 54.3. The Morgan fingerprint density at radius 1 is 0.267 bits per heavy atom. The molecule has 1 atom stereocenters. The number of esters is 3. The lowest BCUT2D eigenvalue weighted by atomic mass is 10.0. The van der Waals surface area contributed by atoms with Gasteiger partial charge in [0.15, 0.2) is 6.10 Å². The average molecular weight is 1050 g/mol. The predicted molar refractivity (Wildman–Crippen MR) is 325 cm³/mol. The minimum atomic E-state index is -0.771. The van der Waals surface area contributed by atoms with E-state index < -0.39 is 6.10 Å². The molecule has 0 aliphatic rings. The zero-order valence-corrected chi connectivity index (χ0v) is 50.3. The number of carbonyl (C=O) groups excluding carboxylic acids is 3. The van der Waals surface area contributed by atoms with Crippen LogP contribution in [0.4, 0.5) is 0 Å². The van der Waals surface area contributed by atoms with Crippen LogP contribution in [-0.4, -0.2) is 37.2 Å². The van der Waals surface area contributed by atoms with Crippen LogP contribution in [0.1, 0.15) is 355 Å². The molecule has 0 spiro atoms. The van der Waals surface area contributed by atoms with Gasteiger partial charge in [-0.05, 0) is 83.5 Å². The third kappa shape index (κ3) is 62.1. The Hall–Kier alpha value is -2.63. The van der Waals surface area contributed by atoms with Crippen molar-refractivity contribution < 1.29 is 28.6 Å². The molecule has 6 heteroatoms. The highest BCUT2D eigenvalue weighted by Gasteiger charge is 2.19. The Kier molecular flexibility index (Phi) is 61.7. The molecule has 0 saturated heterocycles. The number of hydrogen-bond donors (Lipinski definition) is 0. The number of carbonyl (C=O) groups is 3. The van der Waals surface area contributed by atoms with Gasteiger partial charge in [-0.2, -0.15) is 0 Å². The second kappa shape index (κ2) is 63.9. The third-order valence-electron chi connectivity index (χ3n) is 14.8. The van der Waals surface area contributed by atoms with Crippen molar-refractivity contribution in [2.75, 3.05) is 13.2 Å². The molecule has 1 unspecified atom stereocenters. The molecule has 0 aliphatic heterocycles. The van der Waals surface area contributed by atoms with Crippen molar-refractivity contribution in [3.63, 3.8) is 0 Å². The van der Waals surface area contributed by atoms with Crippen molar-refractivity contribution in [3.05, 3.63) is 48.6 Å². The van der Waals surface area contributed by atoms with E-state index in [4.69, 9.17) is 14.2 Å². The van der Waals surface area contributed by atoms with E-state index in [0.717, 1.165) is 77.0 Å². The summed E-state index contributed by atoms with van der Waals surface area (Å²) in [6.45, 7) is 6.59. The lowest BCUT2D eigenvalue weighted by molar-refractivity contribution is -0.167. The molecule has 0 fully saturated rings. The molecule has 0 radical (unpaired) electrons. The fourth-order valence-electron chi connectivity index (χ4n) is 9.80. The monoisotopic (exact) mass is 1050 g/mol. The summed E-state index contributed by atoms with van der Waals surface area (Å²) in [5.74, 6) is -0.872. The second-order valence-electron chi connectivity index (χ2n) is 22.4. The lowest BCUT2D eigenvalue weighted by Gasteiger charge is -2.18. The van der Waals surface area contributed by atoms with E-state index in [1.54, 1.807) is 0 Å². The van der Waals surface area contributed by atoms with Crippen LogP contribution in [0.2, 0.25) is 0 Å². The van der Waals surface area contributed by atoms with Crippen molar-refractivity contribution >= 4 is 17.9 Å². The Morgan fingerprint density at radius 3 is 0.760 bits per heavy atom. The molecule has 0 aliphatic carbocycles. The lowest BCUT2D eigenvalue weighted by Crippen LogP contribution is -2.30. The maximum absolute atomic E-state index is 12.8. The van der Waals surface area contributed by atoms with Crippen molar-refractivity contribution in [2.24, 2.45) is 0 Å². The minimum Gasteiger partial charge on any atom is -0.462 e. The van der Waals surface area contributed by atoms with Crippen LogP contribution in [0.15, 0.2) is 48.6 Å². The summed E-state index contributed by atoms with van der Waals surface area (Å²) in [5, 5.41) is 0. The van der Waals surface area contributed by atoms with E-state index in [-0.39, 0.29) is 31.1 Å². The highest BCUT2D eigenvalue weighted by molar-refractivity contribution is 5.71. The molecule has 0 aromatic carbocycles. The van der Waals surface area contributed by atoms with E-state index in [2.05, 4.69) is 69.4 Å². The van der Waals surface area contributed by atoms with E-state index in [0.29, 0.717) is 19.3 Å². The maximum Gasteiger partial charge on any atom is 0.306 e. The molecular formula is C69H126O6. The summed E-state index contributed by atoms with van der Waals surface area (Å²) in [5.41, 5.74) is 0. The van der Waals surface area contributed by atoms with Gasteiger partial charge in [-0.25, -0.2) is 0 Å². The summed E-state index contributed by atoms with van der Waals surface area (Å²) < 4.78 is 16.8. The van der Waals surface area contributed by atoms with Crippen LogP contribution < -0.4 is 0 Å². The Labute approximate surface area is 467 Å². The van der Waals surface area contributed by atoms with Crippen molar-refractivity contribution in [3.8, 4) is 0 Å². The van der Waals surface area contributed by atoms with Crippen molar-refractivity contribution in [2.45, 2.75) is 361 Å². The van der Waals surface area contributed by atoms with E-state index in [1.165, 1.54) is 238 Å². The SMILES string of the molecule is CCCCCCC/C=C\C/C=C\C/C=C\CCCCCCCCCCCCC(=O)OC(COC(=O)CCCCCCC)COC(=O)CCCCCCCCCCCCCCCCC/C=C\CCCCCCCCCC. The highest BCUT2D eigenvalue weighted by Crippen LogP contribution is 2.17. The Morgan fingerprint density at radius 2 is 0.480 bits per heavy atom. The highest BCUT2D eigenvalue weighted by atomic mass is 16.6. The Balaban J connectivity index is 4.00. The van der Waals surface area contributed by atoms with Crippen LogP contribution in [0.25, 0.3) is 0 Å². The quantitative estimate of drug-likeness (QED) is 0.0261. The average Bonchev–Trinajstić information content (AvgIpc) is 3.41. The molecule has 0 rings (SSSR count). The summed E-state index contributed by atoms with van der Waals surface area (Å²) in [4.78, 5) is 38.0. The van der Waals surface area contributed by atoms with Crippen molar-refractivity contribution in [1.29, 1.82) is 0 Å². The molecule has 0 N–H and O–H groups in total. The number of rotatable bonds is 61. The molecule has 75 heavy (non-hydrogen) atoms. The predicted octanol–water partition coefficient (Wildman–Crippen LogP) is 22.6.